The van der Waals surface area contributed by atoms with E-state index < -0.39 is 6.10 Å². The number of aryl methyl sites for hydroxylation is 1. The second kappa shape index (κ2) is 6.16. The fourth-order valence-corrected chi connectivity index (χ4v) is 5.33. The van der Waals surface area contributed by atoms with Gasteiger partial charge in [0.05, 0.1) is 0 Å². The summed E-state index contributed by atoms with van der Waals surface area (Å²) in [6, 6.07) is 0. The van der Waals surface area contributed by atoms with Gasteiger partial charge >= 0.3 is 0 Å². The molecular weight excluding hydrogens is 252 g/mol. The van der Waals surface area contributed by atoms with Gasteiger partial charge in [0.2, 0.25) is 0 Å². The highest BCUT2D eigenvalue weighted by Gasteiger charge is 2.33. The summed E-state index contributed by atoms with van der Waals surface area (Å²) in [7, 11) is 0. The van der Waals surface area contributed by atoms with E-state index in [9.17, 15) is 5.11 Å². The molecule has 2 heterocycles. The summed E-state index contributed by atoms with van der Waals surface area (Å²) in [6.07, 6.45) is 4.41. The van der Waals surface area contributed by atoms with Crippen molar-refractivity contribution in [2.24, 2.45) is 0 Å². The summed E-state index contributed by atoms with van der Waals surface area (Å²) in [5.74, 6) is 3.16. The molecular formula is C12H20N2OS2. The van der Waals surface area contributed by atoms with Crippen molar-refractivity contribution in [2.45, 2.75) is 43.4 Å². The highest BCUT2D eigenvalue weighted by atomic mass is 32.2. The molecule has 1 saturated heterocycles. The standard InChI is InChI=1S/C12H20N2OS2/c1-3-9-11(17-8-7-16-9)10(15)12-13-5-6-14(12)4-2/h5-6,9-11,15H,3-4,7-8H2,1-2H3. The number of aliphatic hydroxyl groups is 1. The third-order valence-electron chi connectivity index (χ3n) is 3.16. The maximum absolute atomic E-state index is 10.5. The smallest absolute Gasteiger partial charge is 0.138 e. The van der Waals surface area contributed by atoms with E-state index in [0.29, 0.717) is 5.25 Å². The first-order valence-electron chi connectivity index (χ1n) is 6.20. The molecule has 2 rings (SSSR count). The van der Waals surface area contributed by atoms with Crippen molar-refractivity contribution in [2.75, 3.05) is 11.5 Å². The van der Waals surface area contributed by atoms with E-state index in [1.807, 2.05) is 34.3 Å². The van der Waals surface area contributed by atoms with Gasteiger partial charge in [0, 0.05) is 40.9 Å². The second-order valence-corrected chi connectivity index (χ2v) is 6.80. The van der Waals surface area contributed by atoms with Crippen molar-refractivity contribution in [3.63, 3.8) is 0 Å². The van der Waals surface area contributed by atoms with Crippen molar-refractivity contribution in [1.82, 2.24) is 9.55 Å². The largest absolute Gasteiger partial charge is 0.384 e. The molecule has 1 fully saturated rings. The lowest BCUT2D eigenvalue weighted by atomic mass is 10.1. The van der Waals surface area contributed by atoms with E-state index in [2.05, 4.69) is 18.8 Å². The molecule has 1 aromatic rings. The topological polar surface area (TPSA) is 38.1 Å². The van der Waals surface area contributed by atoms with E-state index >= 15 is 0 Å². The Bertz CT molecular complexity index is 356. The SMILES string of the molecule is CCC1SCCSC1C(O)c1nccn1CC. The first-order chi connectivity index (χ1) is 8.27. The van der Waals surface area contributed by atoms with Crippen LogP contribution < -0.4 is 0 Å². The number of imidazole rings is 1. The quantitative estimate of drug-likeness (QED) is 0.914. The molecule has 5 heteroatoms. The third kappa shape index (κ3) is 2.83. The van der Waals surface area contributed by atoms with E-state index in [1.165, 1.54) is 5.75 Å². The molecule has 0 aliphatic carbocycles. The zero-order chi connectivity index (χ0) is 12.3. The molecule has 0 radical (unpaired) electrons. The zero-order valence-corrected chi connectivity index (χ0v) is 12.0. The fourth-order valence-electron chi connectivity index (χ4n) is 2.23. The summed E-state index contributed by atoms with van der Waals surface area (Å²) in [5, 5.41) is 11.4. The van der Waals surface area contributed by atoms with Crippen molar-refractivity contribution in [3.8, 4) is 0 Å². The Morgan fingerprint density at radius 3 is 2.94 bits per heavy atom. The molecule has 1 aliphatic heterocycles. The van der Waals surface area contributed by atoms with Crippen molar-refractivity contribution in [3.05, 3.63) is 18.2 Å². The predicted octanol–water partition coefficient (Wildman–Crippen LogP) is 2.56. The Kier molecular flexibility index (Phi) is 4.82. The Morgan fingerprint density at radius 2 is 2.24 bits per heavy atom. The van der Waals surface area contributed by atoms with Gasteiger partial charge in [-0.05, 0) is 13.3 Å². The fraction of sp³-hybridized carbons (Fsp3) is 0.750. The normalized spacial score (nSPS) is 27.0. The monoisotopic (exact) mass is 272 g/mol. The van der Waals surface area contributed by atoms with Crippen molar-refractivity contribution < 1.29 is 5.11 Å². The number of rotatable bonds is 4. The Morgan fingerprint density at radius 1 is 1.47 bits per heavy atom. The highest BCUT2D eigenvalue weighted by Crippen LogP contribution is 2.39. The van der Waals surface area contributed by atoms with Crippen LogP contribution in [0.1, 0.15) is 32.2 Å². The first kappa shape index (κ1) is 13.3. The summed E-state index contributed by atoms with van der Waals surface area (Å²) in [5.41, 5.74) is 0. The van der Waals surface area contributed by atoms with Crippen LogP contribution in [-0.4, -0.2) is 36.7 Å². The number of aliphatic hydroxyl groups excluding tert-OH is 1. The maximum Gasteiger partial charge on any atom is 0.138 e. The minimum absolute atomic E-state index is 0.284. The van der Waals surface area contributed by atoms with E-state index in [1.54, 1.807) is 6.20 Å². The average Bonchev–Trinajstić information content (AvgIpc) is 2.86. The van der Waals surface area contributed by atoms with Crippen LogP contribution in [0.5, 0.6) is 0 Å². The average molecular weight is 272 g/mol. The minimum atomic E-state index is -0.437. The maximum atomic E-state index is 10.5. The molecule has 96 valence electrons. The van der Waals surface area contributed by atoms with Crippen LogP contribution in [0.15, 0.2) is 12.4 Å². The van der Waals surface area contributed by atoms with Gasteiger partial charge in [0.1, 0.15) is 11.9 Å². The minimum Gasteiger partial charge on any atom is -0.384 e. The molecule has 3 unspecified atom stereocenters. The van der Waals surface area contributed by atoms with Crippen LogP contribution in [-0.2, 0) is 6.54 Å². The lowest BCUT2D eigenvalue weighted by molar-refractivity contribution is 0.158. The number of hydrogen-bond donors (Lipinski definition) is 1. The Balaban J connectivity index is 2.15. The summed E-state index contributed by atoms with van der Waals surface area (Å²) in [4.78, 5) is 4.32. The summed E-state index contributed by atoms with van der Waals surface area (Å²) in [6.45, 7) is 5.15. The molecule has 1 aliphatic rings. The van der Waals surface area contributed by atoms with Crippen molar-refractivity contribution in [1.29, 1.82) is 0 Å². The zero-order valence-electron chi connectivity index (χ0n) is 10.4. The van der Waals surface area contributed by atoms with Crippen LogP contribution in [0.3, 0.4) is 0 Å². The van der Waals surface area contributed by atoms with Crippen LogP contribution in [0.25, 0.3) is 0 Å². The van der Waals surface area contributed by atoms with Crippen LogP contribution in [0, 0.1) is 0 Å². The Labute approximate surface area is 111 Å². The Hall–Kier alpha value is -0.130. The van der Waals surface area contributed by atoms with Crippen molar-refractivity contribution >= 4 is 23.5 Å². The molecule has 0 bridgehead atoms. The second-order valence-electron chi connectivity index (χ2n) is 4.17. The van der Waals surface area contributed by atoms with Gasteiger partial charge in [0.25, 0.3) is 0 Å². The van der Waals surface area contributed by atoms with Gasteiger partial charge < -0.3 is 9.67 Å². The third-order valence-corrected chi connectivity index (χ3v) is 6.49. The molecule has 0 amide bonds. The molecule has 1 N–H and O–H groups in total. The van der Waals surface area contributed by atoms with E-state index in [4.69, 9.17) is 0 Å². The van der Waals surface area contributed by atoms with E-state index in [0.717, 1.165) is 24.5 Å². The number of aromatic nitrogens is 2. The van der Waals surface area contributed by atoms with Gasteiger partial charge in [-0.2, -0.15) is 23.5 Å². The van der Waals surface area contributed by atoms with Crippen LogP contribution in [0.2, 0.25) is 0 Å². The van der Waals surface area contributed by atoms with E-state index in [-0.39, 0.29) is 5.25 Å². The van der Waals surface area contributed by atoms with Gasteiger partial charge in [-0.3, -0.25) is 0 Å². The summed E-state index contributed by atoms with van der Waals surface area (Å²) < 4.78 is 2.04. The molecule has 17 heavy (non-hydrogen) atoms. The van der Waals surface area contributed by atoms with Crippen LogP contribution in [0.4, 0.5) is 0 Å². The lowest BCUT2D eigenvalue weighted by Gasteiger charge is -2.33. The molecule has 0 saturated carbocycles. The van der Waals surface area contributed by atoms with Gasteiger partial charge in [0.15, 0.2) is 0 Å². The van der Waals surface area contributed by atoms with Gasteiger partial charge in [-0.15, -0.1) is 0 Å². The summed E-state index contributed by atoms with van der Waals surface area (Å²) >= 11 is 3.89. The number of thioether (sulfide) groups is 2. The molecule has 0 spiro atoms. The molecule has 0 aromatic carbocycles. The van der Waals surface area contributed by atoms with Gasteiger partial charge in [-0.1, -0.05) is 6.92 Å². The molecule has 3 atom stereocenters. The van der Waals surface area contributed by atoms with Crippen LogP contribution >= 0.6 is 23.5 Å². The number of nitrogens with zero attached hydrogens (tertiary/aromatic N) is 2. The molecule has 3 nitrogen and oxygen atoms in total. The number of hydrogen-bond acceptors (Lipinski definition) is 4. The molecule has 1 aromatic heterocycles. The first-order valence-corrected chi connectivity index (χ1v) is 8.30. The lowest BCUT2D eigenvalue weighted by Crippen LogP contribution is -2.32. The highest BCUT2D eigenvalue weighted by molar-refractivity contribution is 8.07. The van der Waals surface area contributed by atoms with Gasteiger partial charge in [-0.25, -0.2) is 4.98 Å². The predicted molar refractivity (Wildman–Crippen MR) is 75.6 cm³/mol.